The molecule has 1 unspecified atom stereocenters. The Kier molecular flexibility index (Phi) is 3.88. The third-order valence-corrected chi connectivity index (χ3v) is 4.10. The quantitative estimate of drug-likeness (QED) is 0.842. The van der Waals surface area contributed by atoms with Crippen molar-refractivity contribution in [2.45, 2.75) is 12.8 Å². The van der Waals surface area contributed by atoms with Gasteiger partial charge in [-0.05, 0) is 24.5 Å². The molecule has 2 aromatic heterocycles. The third kappa shape index (κ3) is 2.76. The second kappa shape index (κ2) is 5.81. The van der Waals surface area contributed by atoms with Crippen molar-refractivity contribution in [3.63, 3.8) is 0 Å². The molecule has 3 heterocycles. The molecule has 0 saturated carbocycles. The van der Waals surface area contributed by atoms with Gasteiger partial charge in [-0.15, -0.1) is 0 Å². The number of amides is 1. The maximum Gasteiger partial charge on any atom is 0.248 e. The highest BCUT2D eigenvalue weighted by atomic mass is 16.5. The van der Waals surface area contributed by atoms with Crippen LogP contribution in [0, 0.1) is 5.92 Å². The van der Waals surface area contributed by atoms with E-state index in [1.54, 1.807) is 13.3 Å². The van der Waals surface area contributed by atoms with E-state index in [4.69, 9.17) is 4.74 Å². The first-order valence-corrected chi connectivity index (χ1v) is 7.22. The van der Waals surface area contributed by atoms with Crippen LogP contribution in [0.5, 0.6) is 0 Å². The van der Waals surface area contributed by atoms with Gasteiger partial charge >= 0.3 is 0 Å². The summed E-state index contributed by atoms with van der Waals surface area (Å²) >= 11 is 0. The standard InChI is InChI=1S/C15H20N4O2/c1-18-13(17-12-4-3-6-16-15(12)18)8-11-5-7-19(9-11)14(20)10-21-2/h3-4,6,11H,5,7-10H2,1-2H3. The average molecular weight is 288 g/mol. The van der Waals surface area contributed by atoms with Gasteiger partial charge in [-0.25, -0.2) is 9.97 Å². The summed E-state index contributed by atoms with van der Waals surface area (Å²) in [6.45, 7) is 1.77. The lowest BCUT2D eigenvalue weighted by atomic mass is 10.0. The fourth-order valence-corrected chi connectivity index (χ4v) is 2.95. The normalized spacial score (nSPS) is 18.6. The minimum atomic E-state index is 0.0756. The molecular formula is C15H20N4O2. The number of ether oxygens (including phenoxy) is 1. The Morgan fingerprint density at radius 1 is 1.52 bits per heavy atom. The number of pyridine rings is 1. The first-order chi connectivity index (χ1) is 10.2. The smallest absolute Gasteiger partial charge is 0.248 e. The summed E-state index contributed by atoms with van der Waals surface area (Å²) in [7, 11) is 3.55. The molecule has 0 radical (unpaired) electrons. The topological polar surface area (TPSA) is 60.2 Å². The number of imidazole rings is 1. The van der Waals surface area contributed by atoms with Gasteiger partial charge in [0.15, 0.2) is 5.65 Å². The number of likely N-dealkylation sites (tertiary alicyclic amines) is 1. The summed E-state index contributed by atoms with van der Waals surface area (Å²) in [5.74, 6) is 1.57. The zero-order chi connectivity index (χ0) is 14.8. The first kappa shape index (κ1) is 14.0. The van der Waals surface area contributed by atoms with Crippen LogP contribution in [0.25, 0.3) is 11.2 Å². The van der Waals surface area contributed by atoms with E-state index in [0.717, 1.165) is 42.9 Å². The van der Waals surface area contributed by atoms with Crippen molar-refractivity contribution < 1.29 is 9.53 Å². The summed E-state index contributed by atoms with van der Waals surface area (Å²) in [6.07, 6.45) is 3.68. The first-order valence-electron chi connectivity index (χ1n) is 7.22. The van der Waals surface area contributed by atoms with Gasteiger partial charge in [0.05, 0.1) is 0 Å². The fraction of sp³-hybridized carbons (Fsp3) is 0.533. The molecule has 0 aromatic carbocycles. The molecule has 1 aliphatic heterocycles. The monoisotopic (exact) mass is 288 g/mol. The van der Waals surface area contributed by atoms with Crippen LogP contribution in [0.2, 0.25) is 0 Å². The Morgan fingerprint density at radius 3 is 3.14 bits per heavy atom. The summed E-state index contributed by atoms with van der Waals surface area (Å²) in [6, 6.07) is 3.88. The van der Waals surface area contributed by atoms with Crippen LogP contribution >= 0.6 is 0 Å². The number of carbonyl (C=O) groups is 1. The highest BCUT2D eigenvalue weighted by Gasteiger charge is 2.27. The van der Waals surface area contributed by atoms with E-state index in [1.165, 1.54) is 0 Å². The van der Waals surface area contributed by atoms with Gasteiger partial charge in [-0.2, -0.15) is 0 Å². The lowest BCUT2D eigenvalue weighted by Gasteiger charge is -2.15. The van der Waals surface area contributed by atoms with Crippen molar-refractivity contribution >= 4 is 17.1 Å². The Bertz CT molecular complexity index is 652. The average Bonchev–Trinajstić information content (AvgIpc) is 3.06. The van der Waals surface area contributed by atoms with E-state index in [-0.39, 0.29) is 12.5 Å². The Morgan fingerprint density at radius 2 is 2.38 bits per heavy atom. The Hall–Kier alpha value is -1.95. The number of carbonyl (C=O) groups excluding carboxylic acids is 1. The molecule has 21 heavy (non-hydrogen) atoms. The molecule has 112 valence electrons. The highest BCUT2D eigenvalue weighted by molar-refractivity contribution is 5.77. The molecule has 2 aromatic rings. The Balaban J connectivity index is 1.69. The summed E-state index contributed by atoms with van der Waals surface area (Å²) in [5.41, 5.74) is 1.85. The number of methoxy groups -OCH3 is 1. The second-order valence-corrected chi connectivity index (χ2v) is 5.56. The number of nitrogens with zero attached hydrogens (tertiary/aromatic N) is 4. The van der Waals surface area contributed by atoms with Crippen LogP contribution in [0.15, 0.2) is 18.3 Å². The molecular weight excluding hydrogens is 268 g/mol. The van der Waals surface area contributed by atoms with Gasteiger partial charge in [0, 0.05) is 39.9 Å². The highest BCUT2D eigenvalue weighted by Crippen LogP contribution is 2.22. The predicted octanol–water partition coefficient (Wildman–Crippen LogP) is 1.01. The molecule has 3 rings (SSSR count). The number of aromatic nitrogens is 3. The molecule has 0 aliphatic carbocycles. The number of hydrogen-bond donors (Lipinski definition) is 0. The molecule has 0 bridgehead atoms. The number of fused-ring (bicyclic) bond motifs is 1. The van der Waals surface area contributed by atoms with Crippen LogP contribution in [0.1, 0.15) is 12.2 Å². The summed E-state index contributed by atoms with van der Waals surface area (Å²) in [4.78, 5) is 22.7. The molecule has 1 saturated heterocycles. The van der Waals surface area contributed by atoms with E-state index in [1.807, 2.05) is 24.1 Å². The van der Waals surface area contributed by atoms with Crippen molar-refractivity contribution in [2.24, 2.45) is 13.0 Å². The lowest BCUT2D eigenvalue weighted by molar-refractivity contribution is -0.134. The van der Waals surface area contributed by atoms with Crippen LogP contribution in [0.3, 0.4) is 0 Å². The minimum absolute atomic E-state index is 0.0756. The van der Waals surface area contributed by atoms with Gasteiger partial charge in [-0.1, -0.05) is 0 Å². The van der Waals surface area contributed by atoms with E-state index < -0.39 is 0 Å². The van der Waals surface area contributed by atoms with Crippen molar-refractivity contribution in [2.75, 3.05) is 26.8 Å². The summed E-state index contributed by atoms with van der Waals surface area (Å²) in [5, 5.41) is 0. The van der Waals surface area contributed by atoms with Crippen molar-refractivity contribution in [3.8, 4) is 0 Å². The van der Waals surface area contributed by atoms with Gasteiger partial charge in [0.25, 0.3) is 0 Å². The zero-order valence-electron chi connectivity index (χ0n) is 12.5. The lowest BCUT2D eigenvalue weighted by Crippen LogP contribution is -2.31. The molecule has 1 atom stereocenters. The third-order valence-electron chi connectivity index (χ3n) is 4.10. The molecule has 1 amide bonds. The number of hydrogen-bond acceptors (Lipinski definition) is 4. The van der Waals surface area contributed by atoms with Crippen molar-refractivity contribution in [1.82, 2.24) is 19.4 Å². The molecule has 6 nitrogen and oxygen atoms in total. The zero-order valence-corrected chi connectivity index (χ0v) is 12.5. The number of rotatable bonds is 4. The molecule has 0 N–H and O–H groups in total. The molecule has 1 aliphatic rings. The molecule has 1 fully saturated rings. The largest absolute Gasteiger partial charge is 0.375 e. The molecule has 0 spiro atoms. The van der Waals surface area contributed by atoms with Crippen LogP contribution in [-0.4, -0.2) is 52.1 Å². The van der Waals surface area contributed by atoms with Gasteiger partial charge in [0.2, 0.25) is 5.91 Å². The maximum atomic E-state index is 11.8. The second-order valence-electron chi connectivity index (χ2n) is 5.56. The van der Waals surface area contributed by atoms with E-state index in [9.17, 15) is 4.79 Å². The van der Waals surface area contributed by atoms with Crippen molar-refractivity contribution in [1.29, 1.82) is 0 Å². The number of aryl methyl sites for hydroxylation is 1. The minimum Gasteiger partial charge on any atom is -0.375 e. The van der Waals surface area contributed by atoms with Crippen molar-refractivity contribution in [3.05, 3.63) is 24.2 Å². The Labute approximate surface area is 123 Å². The van der Waals surface area contributed by atoms with Gasteiger partial charge in [0.1, 0.15) is 17.9 Å². The van der Waals surface area contributed by atoms with Gasteiger partial charge in [-0.3, -0.25) is 4.79 Å². The van der Waals surface area contributed by atoms with Gasteiger partial charge < -0.3 is 14.2 Å². The van der Waals surface area contributed by atoms with Crippen LogP contribution in [0.4, 0.5) is 0 Å². The van der Waals surface area contributed by atoms with Crippen LogP contribution in [-0.2, 0) is 23.0 Å². The predicted molar refractivity (Wildman–Crippen MR) is 78.8 cm³/mol. The van der Waals surface area contributed by atoms with E-state index in [2.05, 4.69) is 14.5 Å². The fourth-order valence-electron chi connectivity index (χ4n) is 2.95. The molecule has 6 heteroatoms. The SMILES string of the molecule is COCC(=O)N1CCC(Cc2nc3cccnc3n2C)C1. The van der Waals surface area contributed by atoms with Crippen LogP contribution < -0.4 is 0 Å². The van der Waals surface area contributed by atoms with E-state index in [0.29, 0.717) is 5.92 Å². The maximum absolute atomic E-state index is 11.8. The van der Waals surface area contributed by atoms with E-state index >= 15 is 0 Å². The summed E-state index contributed by atoms with van der Waals surface area (Å²) < 4.78 is 6.96.